The minimum atomic E-state index is -0.612. The Hall–Kier alpha value is -1.61. The van der Waals surface area contributed by atoms with Crippen molar-refractivity contribution in [3.05, 3.63) is 53.1 Å². The molecular formula is C13H16N2O. The molecule has 1 aromatic carbocycles. The number of aromatic nitrogens is 2. The third-order valence-corrected chi connectivity index (χ3v) is 2.88. The summed E-state index contributed by atoms with van der Waals surface area (Å²) >= 11 is 0. The molecule has 2 aromatic rings. The molecule has 0 bridgehead atoms. The molecular weight excluding hydrogens is 200 g/mol. The zero-order valence-corrected chi connectivity index (χ0v) is 9.57. The van der Waals surface area contributed by atoms with Crippen molar-refractivity contribution in [3.8, 4) is 0 Å². The summed E-state index contributed by atoms with van der Waals surface area (Å²) in [4.78, 5) is 6.89. The monoisotopic (exact) mass is 216 g/mol. The van der Waals surface area contributed by atoms with Crippen molar-refractivity contribution in [1.29, 1.82) is 0 Å². The predicted molar refractivity (Wildman–Crippen MR) is 63.2 cm³/mol. The summed E-state index contributed by atoms with van der Waals surface area (Å²) in [5.41, 5.74) is 4.03. The lowest BCUT2D eigenvalue weighted by Gasteiger charge is -2.16. The largest absolute Gasteiger partial charge is 0.382 e. The van der Waals surface area contributed by atoms with Crippen LogP contribution in [0, 0.1) is 6.92 Å². The maximum absolute atomic E-state index is 10.3. The van der Waals surface area contributed by atoms with E-state index in [0.717, 1.165) is 23.2 Å². The van der Waals surface area contributed by atoms with Crippen LogP contribution >= 0.6 is 0 Å². The lowest BCUT2D eigenvalue weighted by molar-refractivity contribution is 0.214. The van der Waals surface area contributed by atoms with Gasteiger partial charge in [-0.25, -0.2) is 4.98 Å². The molecule has 1 unspecified atom stereocenters. The number of hydrogen-bond donors (Lipinski definition) is 2. The first-order valence-electron chi connectivity index (χ1n) is 5.48. The van der Waals surface area contributed by atoms with Gasteiger partial charge in [-0.1, -0.05) is 25.1 Å². The van der Waals surface area contributed by atoms with Crippen molar-refractivity contribution in [2.75, 3.05) is 0 Å². The van der Waals surface area contributed by atoms with Gasteiger partial charge in [0.1, 0.15) is 6.10 Å². The molecule has 2 N–H and O–H groups in total. The Bertz CT molecular complexity index is 463. The van der Waals surface area contributed by atoms with E-state index in [1.165, 1.54) is 5.56 Å². The number of imidazole rings is 1. The molecule has 0 fully saturated rings. The summed E-state index contributed by atoms with van der Waals surface area (Å²) in [6.07, 6.45) is 3.56. The number of H-pyrrole nitrogens is 1. The highest BCUT2D eigenvalue weighted by Crippen LogP contribution is 2.26. The van der Waals surface area contributed by atoms with Crippen LogP contribution in [0.25, 0.3) is 0 Å². The lowest BCUT2D eigenvalue weighted by Crippen LogP contribution is -2.06. The molecule has 0 radical (unpaired) electrons. The highest BCUT2D eigenvalue weighted by Gasteiger charge is 2.16. The van der Waals surface area contributed by atoms with E-state index < -0.39 is 6.10 Å². The molecule has 0 aliphatic rings. The van der Waals surface area contributed by atoms with Crippen LogP contribution in [0.15, 0.2) is 30.7 Å². The zero-order valence-electron chi connectivity index (χ0n) is 9.57. The molecule has 1 aromatic heterocycles. The molecule has 1 atom stereocenters. The maximum Gasteiger partial charge on any atom is 0.121 e. The SMILES string of the molecule is CCc1cccc(C)c1C(O)c1cnc[nH]1. The fraction of sp³-hybridized carbons (Fsp3) is 0.308. The van der Waals surface area contributed by atoms with Gasteiger partial charge < -0.3 is 10.1 Å². The molecule has 3 nitrogen and oxygen atoms in total. The van der Waals surface area contributed by atoms with E-state index in [0.29, 0.717) is 0 Å². The van der Waals surface area contributed by atoms with Crippen molar-refractivity contribution in [1.82, 2.24) is 9.97 Å². The van der Waals surface area contributed by atoms with Gasteiger partial charge in [0.25, 0.3) is 0 Å². The third kappa shape index (κ3) is 1.86. The van der Waals surface area contributed by atoms with E-state index in [9.17, 15) is 5.11 Å². The Labute approximate surface area is 95.2 Å². The summed E-state index contributed by atoms with van der Waals surface area (Å²) in [7, 11) is 0. The minimum absolute atomic E-state index is 0.612. The molecule has 84 valence electrons. The Kier molecular flexibility index (Phi) is 3.06. The second-order valence-electron chi connectivity index (χ2n) is 3.91. The van der Waals surface area contributed by atoms with Gasteiger partial charge in [-0.05, 0) is 30.0 Å². The molecule has 0 aliphatic heterocycles. The smallest absolute Gasteiger partial charge is 0.121 e. The topological polar surface area (TPSA) is 48.9 Å². The zero-order chi connectivity index (χ0) is 11.5. The molecule has 0 aliphatic carbocycles. The summed E-state index contributed by atoms with van der Waals surface area (Å²) in [6, 6.07) is 6.10. The van der Waals surface area contributed by atoms with Crippen LogP contribution in [-0.2, 0) is 6.42 Å². The van der Waals surface area contributed by atoms with Crippen LogP contribution in [-0.4, -0.2) is 15.1 Å². The standard InChI is InChI=1S/C13H16N2O/c1-3-10-6-4-5-9(2)12(10)13(16)11-7-14-8-15-11/h4-8,13,16H,3H2,1-2H3,(H,14,15). The Morgan fingerprint density at radius 1 is 1.44 bits per heavy atom. The van der Waals surface area contributed by atoms with Crippen LogP contribution < -0.4 is 0 Å². The first-order valence-corrected chi connectivity index (χ1v) is 5.48. The van der Waals surface area contributed by atoms with E-state index in [-0.39, 0.29) is 0 Å². The number of aryl methyl sites for hydroxylation is 2. The molecule has 3 heteroatoms. The first-order chi connectivity index (χ1) is 7.74. The van der Waals surface area contributed by atoms with Gasteiger partial charge in [0.2, 0.25) is 0 Å². The van der Waals surface area contributed by atoms with Gasteiger partial charge in [0.15, 0.2) is 0 Å². The molecule has 0 spiro atoms. The summed E-state index contributed by atoms with van der Waals surface area (Å²) in [5.74, 6) is 0. The number of rotatable bonds is 3. The average Bonchev–Trinajstić information content (AvgIpc) is 2.81. The fourth-order valence-electron chi connectivity index (χ4n) is 2.01. The second-order valence-corrected chi connectivity index (χ2v) is 3.91. The number of nitrogens with zero attached hydrogens (tertiary/aromatic N) is 1. The molecule has 2 rings (SSSR count). The Balaban J connectivity index is 2.47. The van der Waals surface area contributed by atoms with Gasteiger partial charge >= 0.3 is 0 Å². The molecule has 0 saturated heterocycles. The van der Waals surface area contributed by atoms with E-state index in [1.54, 1.807) is 12.5 Å². The number of nitrogens with one attached hydrogen (secondary N) is 1. The van der Waals surface area contributed by atoms with Gasteiger partial charge in [0, 0.05) is 0 Å². The molecule has 16 heavy (non-hydrogen) atoms. The lowest BCUT2D eigenvalue weighted by atomic mass is 9.94. The van der Waals surface area contributed by atoms with Crippen molar-refractivity contribution in [2.24, 2.45) is 0 Å². The highest BCUT2D eigenvalue weighted by atomic mass is 16.3. The van der Waals surface area contributed by atoms with Crippen LogP contribution in [0.1, 0.15) is 35.4 Å². The molecule has 1 heterocycles. The maximum atomic E-state index is 10.3. The van der Waals surface area contributed by atoms with Gasteiger partial charge in [-0.15, -0.1) is 0 Å². The van der Waals surface area contributed by atoms with Gasteiger partial charge in [-0.2, -0.15) is 0 Å². The third-order valence-electron chi connectivity index (χ3n) is 2.88. The highest BCUT2D eigenvalue weighted by molar-refractivity contribution is 5.39. The van der Waals surface area contributed by atoms with Crippen molar-refractivity contribution in [2.45, 2.75) is 26.4 Å². The number of aliphatic hydroxyl groups excluding tert-OH is 1. The van der Waals surface area contributed by atoms with Crippen molar-refractivity contribution in [3.63, 3.8) is 0 Å². The average molecular weight is 216 g/mol. The second kappa shape index (κ2) is 4.49. The van der Waals surface area contributed by atoms with E-state index in [2.05, 4.69) is 23.0 Å². The first kappa shape index (κ1) is 10.9. The molecule has 0 saturated carbocycles. The number of aromatic amines is 1. The number of benzene rings is 1. The normalized spacial score (nSPS) is 12.7. The molecule has 0 amide bonds. The van der Waals surface area contributed by atoms with Crippen LogP contribution in [0.5, 0.6) is 0 Å². The van der Waals surface area contributed by atoms with Crippen molar-refractivity contribution < 1.29 is 5.11 Å². The van der Waals surface area contributed by atoms with Crippen LogP contribution in [0.2, 0.25) is 0 Å². The predicted octanol–water partition coefficient (Wildman–Crippen LogP) is 2.36. The number of hydrogen-bond acceptors (Lipinski definition) is 2. The van der Waals surface area contributed by atoms with Crippen LogP contribution in [0.3, 0.4) is 0 Å². The fourth-order valence-corrected chi connectivity index (χ4v) is 2.01. The van der Waals surface area contributed by atoms with E-state index in [4.69, 9.17) is 0 Å². The van der Waals surface area contributed by atoms with Gasteiger partial charge in [-0.3, -0.25) is 0 Å². The summed E-state index contributed by atoms with van der Waals surface area (Å²) < 4.78 is 0. The van der Waals surface area contributed by atoms with Crippen molar-refractivity contribution >= 4 is 0 Å². The summed E-state index contributed by atoms with van der Waals surface area (Å²) in [5, 5.41) is 10.3. The van der Waals surface area contributed by atoms with E-state index in [1.807, 2.05) is 19.1 Å². The Morgan fingerprint density at radius 2 is 2.25 bits per heavy atom. The van der Waals surface area contributed by atoms with Crippen LogP contribution in [0.4, 0.5) is 0 Å². The van der Waals surface area contributed by atoms with E-state index >= 15 is 0 Å². The van der Waals surface area contributed by atoms with Gasteiger partial charge in [0.05, 0.1) is 18.2 Å². The minimum Gasteiger partial charge on any atom is -0.382 e. The summed E-state index contributed by atoms with van der Waals surface area (Å²) in [6.45, 7) is 4.12. The number of aliphatic hydroxyl groups is 1. The Morgan fingerprint density at radius 3 is 2.88 bits per heavy atom. The quantitative estimate of drug-likeness (QED) is 0.827.